The molecule has 0 saturated carbocycles. The lowest BCUT2D eigenvalue weighted by atomic mass is 10.1. The van der Waals surface area contributed by atoms with Crippen molar-refractivity contribution in [3.8, 4) is 0 Å². The summed E-state index contributed by atoms with van der Waals surface area (Å²) in [5.74, 6) is -0.779. The summed E-state index contributed by atoms with van der Waals surface area (Å²) in [6.45, 7) is 5.12. The number of nitrogens with zero attached hydrogens (tertiary/aromatic N) is 1. The SMILES string of the molecule is Cc1cccc(C)c1NC(=O)CNC(=O)C(C)Sc1ccc(C(F)(F)F)cn1. The molecule has 5 nitrogen and oxygen atoms in total. The van der Waals surface area contributed by atoms with Crippen LogP contribution in [0.25, 0.3) is 0 Å². The lowest BCUT2D eigenvalue weighted by Crippen LogP contribution is -2.37. The average Bonchev–Trinajstić information content (AvgIpc) is 2.62. The number of alkyl halides is 3. The minimum absolute atomic E-state index is 0.210. The van der Waals surface area contributed by atoms with Gasteiger partial charge in [-0.15, -0.1) is 0 Å². The second-order valence-electron chi connectivity index (χ2n) is 6.18. The molecule has 1 aromatic heterocycles. The highest BCUT2D eigenvalue weighted by Gasteiger charge is 2.30. The second-order valence-corrected chi connectivity index (χ2v) is 7.54. The molecule has 0 bridgehead atoms. The maximum Gasteiger partial charge on any atom is 0.417 e. The number of pyridine rings is 1. The van der Waals surface area contributed by atoms with Gasteiger partial charge in [0.2, 0.25) is 11.8 Å². The van der Waals surface area contributed by atoms with Crippen molar-refractivity contribution in [2.24, 2.45) is 0 Å². The summed E-state index contributed by atoms with van der Waals surface area (Å²) in [6, 6.07) is 7.76. The number of hydrogen-bond acceptors (Lipinski definition) is 4. The highest BCUT2D eigenvalue weighted by Crippen LogP contribution is 2.30. The van der Waals surface area contributed by atoms with E-state index in [-0.39, 0.29) is 17.5 Å². The first kappa shape index (κ1) is 21.7. The Morgan fingerprint density at radius 1 is 1.14 bits per heavy atom. The zero-order valence-corrected chi connectivity index (χ0v) is 16.4. The number of anilines is 1. The van der Waals surface area contributed by atoms with Gasteiger partial charge in [-0.25, -0.2) is 4.98 Å². The smallest absolute Gasteiger partial charge is 0.346 e. The fourth-order valence-electron chi connectivity index (χ4n) is 2.36. The Kier molecular flexibility index (Phi) is 7.06. The predicted octanol–water partition coefficient (Wildman–Crippen LogP) is 3.95. The van der Waals surface area contributed by atoms with Crippen LogP contribution in [0.3, 0.4) is 0 Å². The van der Waals surface area contributed by atoms with Crippen LogP contribution in [-0.4, -0.2) is 28.6 Å². The van der Waals surface area contributed by atoms with Gasteiger partial charge in [0.15, 0.2) is 0 Å². The zero-order chi connectivity index (χ0) is 20.9. The number of thioether (sulfide) groups is 1. The van der Waals surface area contributed by atoms with Crippen molar-refractivity contribution in [3.05, 3.63) is 53.2 Å². The molecule has 1 atom stereocenters. The van der Waals surface area contributed by atoms with Crippen molar-refractivity contribution in [1.29, 1.82) is 0 Å². The number of aryl methyl sites for hydroxylation is 2. The van der Waals surface area contributed by atoms with Crippen molar-refractivity contribution in [1.82, 2.24) is 10.3 Å². The summed E-state index contributed by atoms with van der Waals surface area (Å²) in [7, 11) is 0. The third kappa shape index (κ3) is 5.98. The van der Waals surface area contributed by atoms with Crippen LogP contribution in [0.1, 0.15) is 23.6 Å². The van der Waals surface area contributed by atoms with E-state index in [0.29, 0.717) is 5.69 Å². The number of halogens is 3. The first-order valence-electron chi connectivity index (χ1n) is 8.41. The number of para-hydroxylation sites is 1. The normalized spacial score (nSPS) is 12.4. The molecule has 0 radical (unpaired) electrons. The van der Waals surface area contributed by atoms with Gasteiger partial charge < -0.3 is 10.6 Å². The van der Waals surface area contributed by atoms with Crippen molar-refractivity contribution < 1.29 is 22.8 Å². The Morgan fingerprint density at radius 3 is 2.32 bits per heavy atom. The standard InChI is InChI=1S/C19H20F3N3O2S/c1-11-5-4-6-12(2)17(11)25-15(26)10-24-18(27)13(3)28-16-8-7-14(9-23-16)19(20,21)22/h4-9,13H,10H2,1-3H3,(H,24,27)(H,25,26). The summed E-state index contributed by atoms with van der Waals surface area (Å²) in [6.07, 6.45) is -3.73. The van der Waals surface area contributed by atoms with Crippen LogP contribution in [0.15, 0.2) is 41.6 Å². The molecule has 150 valence electrons. The van der Waals surface area contributed by atoms with Crippen molar-refractivity contribution >= 4 is 29.3 Å². The summed E-state index contributed by atoms with van der Waals surface area (Å²) in [5.41, 5.74) is 1.68. The first-order valence-corrected chi connectivity index (χ1v) is 9.29. The molecule has 2 aromatic rings. The number of hydrogen-bond donors (Lipinski definition) is 2. The molecule has 28 heavy (non-hydrogen) atoms. The third-order valence-corrected chi connectivity index (χ3v) is 4.95. The molecule has 1 unspecified atom stereocenters. The highest BCUT2D eigenvalue weighted by molar-refractivity contribution is 8.00. The van der Waals surface area contributed by atoms with Gasteiger partial charge in [-0.2, -0.15) is 13.2 Å². The van der Waals surface area contributed by atoms with Gasteiger partial charge in [-0.1, -0.05) is 30.0 Å². The number of carbonyl (C=O) groups is 2. The van der Waals surface area contributed by atoms with Gasteiger partial charge in [-0.05, 0) is 44.0 Å². The van der Waals surface area contributed by atoms with Crippen molar-refractivity contribution in [2.45, 2.75) is 37.2 Å². The lowest BCUT2D eigenvalue weighted by molar-refractivity contribution is -0.137. The van der Waals surface area contributed by atoms with Crippen LogP contribution < -0.4 is 10.6 Å². The van der Waals surface area contributed by atoms with Gasteiger partial charge in [0.1, 0.15) is 0 Å². The van der Waals surface area contributed by atoms with E-state index in [2.05, 4.69) is 15.6 Å². The number of benzene rings is 1. The van der Waals surface area contributed by atoms with E-state index >= 15 is 0 Å². The molecule has 9 heteroatoms. The molecule has 0 spiro atoms. The minimum atomic E-state index is -4.46. The fraction of sp³-hybridized carbons (Fsp3) is 0.316. The monoisotopic (exact) mass is 411 g/mol. The second kappa shape index (κ2) is 9.09. The van der Waals surface area contributed by atoms with Crippen LogP contribution in [0.4, 0.5) is 18.9 Å². The molecule has 2 N–H and O–H groups in total. The zero-order valence-electron chi connectivity index (χ0n) is 15.6. The summed E-state index contributed by atoms with van der Waals surface area (Å²) >= 11 is 1.01. The molecule has 1 heterocycles. The van der Waals surface area contributed by atoms with E-state index in [9.17, 15) is 22.8 Å². The van der Waals surface area contributed by atoms with Crippen molar-refractivity contribution in [3.63, 3.8) is 0 Å². The summed E-state index contributed by atoms with van der Waals surface area (Å²) in [5, 5.41) is 4.94. The average molecular weight is 411 g/mol. The molecule has 1 aromatic carbocycles. The molecule has 0 saturated heterocycles. The van der Waals surface area contributed by atoms with E-state index in [1.165, 1.54) is 6.07 Å². The third-order valence-electron chi connectivity index (χ3n) is 3.90. The van der Waals surface area contributed by atoms with Gasteiger partial charge in [0.25, 0.3) is 0 Å². The van der Waals surface area contributed by atoms with E-state index in [1.807, 2.05) is 32.0 Å². The molecule has 0 aliphatic carbocycles. The van der Waals surface area contributed by atoms with Gasteiger partial charge in [0.05, 0.1) is 22.4 Å². The van der Waals surface area contributed by atoms with Crippen LogP contribution >= 0.6 is 11.8 Å². The van der Waals surface area contributed by atoms with E-state index in [1.54, 1.807) is 6.92 Å². The molecule has 2 rings (SSSR count). The van der Waals surface area contributed by atoms with Crippen LogP contribution in [0.5, 0.6) is 0 Å². The van der Waals surface area contributed by atoms with Crippen LogP contribution in [0.2, 0.25) is 0 Å². The number of amides is 2. The van der Waals surface area contributed by atoms with Crippen molar-refractivity contribution in [2.75, 3.05) is 11.9 Å². The number of rotatable bonds is 6. The first-order chi connectivity index (χ1) is 13.1. The Morgan fingerprint density at radius 2 is 1.79 bits per heavy atom. The van der Waals surface area contributed by atoms with Crippen LogP contribution in [0, 0.1) is 13.8 Å². The van der Waals surface area contributed by atoms with Crippen LogP contribution in [-0.2, 0) is 15.8 Å². The van der Waals surface area contributed by atoms with Gasteiger partial charge in [0, 0.05) is 11.9 Å². The topological polar surface area (TPSA) is 71.1 Å². The molecular weight excluding hydrogens is 391 g/mol. The molecule has 2 amide bonds. The Bertz CT molecular complexity index is 834. The summed E-state index contributed by atoms with van der Waals surface area (Å²) < 4.78 is 37.6. The van der Waals surface area contributed by atoms with E-state index < -0.39 is 22.9 Å². The quantitative estimate of drug-likeness (QED) is 0.706. The predicted molar refractivity (Wildman–Crippen MR) is 102 cm³/mol. The number of nitrogens with one attached hydrogen (secondary N) is 2. The molecule has 0 aliphatic heterocycles. The Labute approximate surface area is 165 Å². The number of aromatic nitrogens is 1. The van der Waals surface area contributed by atoms with E-state index in [4.69, 9.17) is 0 Å². The molecule has 0 aliphatic rings. The maximum atomic E-state index is 12.5. The Hall–Kier alpha value is -2.55. The maximum absolute atomic E-state index is 12.5. The highest BCUT2D eigenvalue weighted by atomic mass is 32.2. The Balaban J connectivity index is 1.86. The largest absolute Gasteiger partial charge is 0.417 e. The fourth-order valence-corrected chi connectivity index (χ4v) is 3.17. The lowest BCUT2D eigenvalue weighted by Gasteiger charge is -2.14. The molecular formula is C19H20F3N3O2S. The summed E-state index contributed by atoms with van der Waals surface area (Å²) in [4.78, 5) is 27.9. The van der Waals surface area contributed by atoms with Gasteiger partial charge >= 0.3 is 6.18 Å². The minimum Gasteiger partial charge on any atom is -0.346 e. The number of carbonyl (C=O) groups excluding carboxylic acids is 2. The van der Waals surface area contributed by atoms with Gasteiger partial charge in [-0.3, -0.25) is 9.59 Å². The molecule has 0 fully saturated rings. The van der Waals surface area contributed by atoms with E-state index in [0.717, 1.165) is 35.2 Å².